The Morgan fingerprint density at radius 1 is 1.32 bits per heavy atom. The number of rotatable bonds is 4. The molecule has 1 aliphatic rings. The number of nitrogens with two attached hydrogens (primary N) is 1. The second kappa shape index (κ2) is 6.06. The van der Waals surface area contributed by atoms with Gasteiger partial charge in [0, 0.05) is 29.9 Å². The predicted octanol–water partition coefficient (Wildman–Crippen LogP) is 2.58. The van der Waals surface area contributed by atoms with Gasteiger partial charge in [0.25, 0.3) is 0 Å². The van der Waals surface area contributed by atoms with E-state index in [0.717, 1.165) is 6.54 Å². The van der Waals surface area contributed by atoms with Gasteiger partial charge in [-0.05, 0) is 59.5 Å². The number of piperidine rings is 1. The molecule has 0 aromatic carbocycles. The van der Waals surface area contributed by atoms with Crippen molar-refractivity contribution >= 4 is 0 Å². The highest BCUT2D eigenvalue weighted by atomic mass is 15.3. The number of hydrogen-bond donors (Lipinski definition) is 1. The Kier molecular flexibility index (Phi) is 4.63. The summed E-state index contributed by atoms with van der Waals surface area (Å²) in [6, 6.07) is 1.41. The third kappa shape index (κ3) is 3.00. The minimum Gasteiger partial charge on any atom is -0.330 e. The average molecular weight is 264 g/mol. The van der Waals surface area contributed by atoms with Crippen LogP contribution in [0.5, 0.6) is 0 Å². The van der Waals surface area contributed by atoms with Crippen LogP contribution in [0.4, 0.5) is 0 Å². The number of nitrogens with zero attached hydrogens (tertiary/aromatic N) is 3. The maximum atomic E-state index is 6.01. The van der Waals surface area contributed by atoms with Gasteiger partial charge in [-0.3, -0.25) is 9.58 Å². The fourth-order valence-electron chi connectivity index (χ4n) is 3.18. The molecule has 4 nitrogen and oxygen atoms in total. The van der Waals surface area contributed by atoms with Crippen LogP contribution in [0, 0.1) is 5.92 Å². The van der Waals surface area contributed by atoms with Crippen molar-refractivity contribution in [3.63, 3.8) is 0 Å². The summed E-state index contributed by atoms with van der Waals surface area (Å²) >= 11 is 0. The van der Waals surface area contributed by atoms with Gasteiger partial charge in [-0.1, -0.05) is 0 Å². The molecule has 2 heterocycles. The zero-order valence-corrected chi connectivity index (χ0v) is 12.7. The monoisotopic (exact) mass is 264 g/mol. The van der Waals surface area contributed by atoms with Gasteiger partial charge in [0.05, 0.1) is 6.20 Å². The molecule has 0 bridgehead atoms. The Morgan fingerprint density at radius 2 is 2.05 bits per heavy atom. The van der Waals surface area contributed by atoms with Gasteiger partial charge < -0.3 is 5.73 Å². The summed E-state index contributed by atoms with van der Waals surface area (Å²) in [4.78, 5) is 2.59. The Morgan fingerprint density at radius 3 is 2.58 bits per heavy atom. The summed E-state index contributed by atoms with van der Waals surface area (Å²) in [5.41, 5.74) is 7.34. The van der Waals surface area contributed by atoms with E-state index in [1.54, 1.807) is 0 Å². The quantitative estimate of drug-likeness (QED) is 0.909. The summed E-state index contributed by atoms with van der Waals surface area (Å²) in [7, 11) is 0. The van der Waals surface area contributed by atoms with Gasteiger partial charge in [0.2, 0.25) is 0 Å². The molecule has 4 heteroatoms. The second-order valence-electron chi connectivity index (χ2n) is 6.26. The van der Waals surface area contributed by atoms with Crippen LogP contribution < -0.4 is 5.73 Å². The van der Waals surface area contributed by atoms with Crippen LogP contribution in [-0.4, -0.2) is 33.8 Å². The van der Waals surface area contributed by atoms with Crippen molar-refractivity contribution in [3.8, 4) is 0 Å². The summed E-state index contributed by atoms with van der Waals surface area (Å²) < 4.78 is 2.05. The number of hydrogen-bond acceptors (Lipinski definition) is 3. The standard InChI is InChI=1S/C15H28N4/c1-11(2)18-7-5-6-13(8-16)15(18)14-9-17-19(10-14)12(3)4/h9-13,15H,5-8,16H2,1-4H3. The lowest BCUT2D eigenvalue weighted by molar-refractivity contribution is 0.0665. The summed E-state index contributed by atoms with van der Waals surface area (Å²) in [5, 5.41) is 4.50. The Balaban J connectivity index is 2.28. The average Bonchev–Trinajstić information content (AvgIpc) is 2.87. The van der Waals surface area contributed by atoms with E-state index in [4.69, 9.17) is 5.73 Å². The van der Waals surface area contributed by atoms with Crippen molar-refractivity contribution in [1.82, 2.24) is 14.7 Å². The van der Waals surface area contributed by atoms with Gasteiger partial charge in [-0.15, -0.1) is 0 Å². The van der Waals surface area contributed by atoms with Crippen LogP contribution in [0.1, 0.15) is 58.2 Å². The van der Waals surface area contributed by atoms with Gasteiger partial charge in [0.15, 0.2) is 0 Å². The van der Waals surface area contributed by atoms with Crippen LogP contribution in [-0.2, 0) is 0 Å². The molecular formula is C15H28N4. The molecule has 108 valence electrons. The maximum Gasteiger partial charge on any atom is 0.0537 e. The lowest BCUT2D eigenvalue weighted by Crippen LogP contribution is -2.44. The highest BCUT2D eigenvalue weighted by Crippen LogP contribution is 2.36. The van der Waals surface area contributed by atoms with Gasteiger partial charge in [0.1, 0.15) is 0 Å². The predicted molar refractivity (Wildman–Crippen MR) is 79.0 cm³/mol. The molecule has 0 radical (unpaired) electrons. The minimum absolute atomic E-state index is 0.418. The molecule has 0 saturated carbocycles. The molecular weight excluding hydrogens is 236 g/mol. The lowest BCUT2D eigenvalue weighted by atomic mass is 9.85. The van der Waals surface area contributed by atoms with E-state index in [1.165, 1.54) is 24.9 Å². The van der Waals surface area contributed by atoms with Crippen LogP contribution in [0.2, 0.25) is 0 Å². The first kappa shape index (κ1) is 14.5. The molecule has 2 rings (SSSR count). The molecule has 0 spiro atoms. The summed E-state index contributed by atoms with van der Waals surface area (Å²) in [6.45, 7) is 10.8. The van der Waals surface area contributed by atoms with E-state index < -0.39 is 0 Å². The third-order valence-corrected chi connectivity index (χ3v) is 4.25. The maximum absolute atomic E-state index is 6.01. The van der Waals surface area contributed by atoms with Gasteiger partial charge in [-0.2, -0.15) is 5.10 Å². The Labute approximate surface area is 117 Å². The fraction of sp³-hybridized carbons (Fsp3) is 0.800. The first-order valence-corrected chi connectivity index (χ1v) is 7.54. The van der Waals surface area contributed by atoms with Crippen LogP contribution in [0.15, 0.2) is 12.4 Å². The number of aromatic nitrogens is 2. The first-order chi connectivity index (χ1) is 9.04. The van der Waals surface area contributed by atoms with Gasteiger partial charge >= 0.3 is 0 Å². The summed E-state index contributed by atoms with van der Waals surface area (Å²) in [6.07, 6.45) is 6.73. The zero-order chi connectivity index (χ0) is 14.0. The minimum atomic E-state index is 0.418. The van der Waals surface area contributed by atoms with E-state index in [2.05, 4.69) is 48.6 Å². The molecule has 1 aromatic heterocycles. The molecule has 19 heavy (non-hydrogen) atoms. The molecule has 2 atom stereocenters. The Hall–Kier alpha value is -0.870. The van der Waals surface area contributed by atoms with Crippen LogP contribution in [0.3, 0.4) is 0 Å². The first-order valence-electron chi connectivity index (χ1n) is 7.54. The SMILES string of the molecule is CC(C)N1CCCC(CN)C1c1cnn(C(C)C)c1. The highest BCUT2D eigenvalue weighted by Gasteiger charge is 2.33. The lowest BCUT2D eigenvalue weighted by Gasteiger charge is -2.43. The smallest absolute Gasteiger partial charge is 0.0537 e. The molecule has 2 unspecified atom stereocenters. The van der Waals surface area contributed by atoms with E-state index >= 15 is 0 Å². The second-order valence-corrected chi connectivity index (χ2v) is 6.26. The van der Waals surface area contributed by atoms with Crippen molar-refractivity contribution in [1.29, 1.82) is 0 Å². The van der Waals surface area contributed by atoms with Gasteiger partial charge in [-0.25, -0.2) is 0 Å². The fourth-order valence-corrected chi connectivity index (χ4v) is 3.18. The van der Waals surface area contributed by atoms with E-state index in [0.29, 0.717) is 24.0 Å². The van der Waals surface area contributed by atoms with E-state index in [-0.39, 0.29) is 0 Å². The molecule has 1 fully saturated rings. The van der Waals surface area contributed by atoms with Crippen LogP contribution >= 0.6 is 0 Å². The molecule has 1 saturated heterocycles. The normalized spacial score (nSPS) is 25.4. The molecule has 1 aromatic rings. The molecule has 2 N–H and O–H groups in total. The molecule has 0 amide bonds. The topological polar surface area (TPSA) is 47.1 Å². The van der Waals surface area contributed by atoms with Crippen molar-refractivity contribution < 1.29 is 0 Å². The van der Waals surface area contributed by atoms with Crippen LogP contribution in [0.25, 0.3) is 0 Å². The summed E-state index contributed by atoms with van der Waals surface area (Å²) in [5.74, 6) is 0.556. The van der Waals surface area contributed by atoms with Crippen molar-refractivity contribution in [3.05, 3.63) is 18.0 Å². The highest BCUT2D eigenvalue weighted by molar-refractivity contribution is 5.14. The van der Waals surface area contributed by atoms with Crippen molar-refractivity contribution in [2.75, 3.05) is 13.1 Å². The molecule has 0 aliphatic carbocycles. The van der Waals surface area contributed by atoms with E-state index in [1.807, 2.05) is 6.20 Å². The number of likely N-dealkylation sites (tertiary alicyclic amines) is 1. The third-order valence-electron chi connectivity index (χ3n) is 4.25. The van der Waals surface area contributed by atoms with Crippen molar-refractivity contribution in [2.24, 2.45) is 11.7 Å². The van der Waals surface area contributed by atoms with Crippen molar-refractivity contribution in [2.45, 2.75) is 58.7 Å². The largest absolute Gasteiger partial charge is 0.330 e. The van der Waals surface area contributed by atoms with E-state index in [9.17, 15) is 0 Å². The zero-order valence-electron chi connectivity index (χ0n) is 12.7. The molecule has 1 aliphatic heterocycles. The Bertz CT molecular complexity index is 397.